The lowest BCUT2D eigenvalue weighted by molar-refractivity contribution is -0.118. The molecule has 1 aliphatic carbocycles. The first kappa shape index (κ1) is 18.8. The largest absolute Gasteiger partial charge is 0.497 e. The Balaban J connectivity index is 2.05. The summed E-state index contributed by atoms with van der Waals surface area (Å²) in [7, 11) is 3.22. The standard InChI is InChI=1S/C20H29NO5/c1-4-26-19(22)21-12-11-20(23)10-6-5-7-16(20)18(21)15-9-8-14(24-2)13-17(15)25-3/h8-9,13,16,18,23H,4-7,10-12H2,1-3H3/t16-,18+,20+/m1/s1. The molecule has 2 aliphatic rings. The number of likely N-dealkylation sites (tertiary alicyclic amines) is 1. The Morgan fingerprint density at radius 3 is 2.77 bits per heavy atom. The molecule has 1 saturated heterocycles. The van der Waals surface area contributed by atoms with Gasteiger partial charge in [0, 0.05) is 24.1 Å². The first-order chi connectivity index (χ1) is 12.5. The van der Waals surface area contributed by atoms with E-state index in [9.17, 15) is 9.90 Å². The smallest absolute Gasteiger partial charge is 0.410 e. The lowest BCUT2D eigenvalue weighted by atomic mass is 9.66. The minimum Gasteiger partial charge on any atom is -0.497 e. The number of nitrogens with zero attached hydrogens (tertiary/aromatic N) is 1. The molecular weight excluding hydrogens is 334 g/mol. The summed E-state index contributed by atoms with van der Waals surface area (Å²) in [6.07, 6.45) is 4.00. The third-order valence-electron chi connectivity index (χ3n) is 5.83. The third kappa shape index (κ3) is 3.34. The van der Waals surface area contributed by atoms with E-state index in [0.29, 0.717) is 31.1 Å². The number of hydrogen-bond acceptors (Lipinski definition) is 5. The van der Waals surface area contributed by atoms with Gasteiger partial charge >= 0.3 is 6.09 Å². The maximum atomic E-state index is 12.6. The van der Waals surface area contributed by atoms with Gasteiger partial charge < -0.3 is 24.2 Å². The molecule has 3 atom stereocenters. The quantitative estimate of drug-likeness (QED) is 0.886. The number of aliphatic hydroxyl groups is 1. The van der Waals surface area contributed by atoms with Crippen LogP contribution in [-0.2, 0) is 4.74 Å². The molecule has 1 amide bonds. The van der Waals surface area contributed by atoms with Gasteiger partial charge in [-0.2, -0.15) is 0 Å². The molecule has 26 heavy (non-hydrogen) atoms. The van der Waals surface area contributed by atoms with E-state index in [-0.39, 0.29) is 18.1 Å². The average Bonchev–Trinajstić information content (AvgIpc) is 2.66. The third-order valence-corrected chi connectivity index (χ3v) is 5.83. The highest BCUT2D eigenvalue weighted by Gasteiger charge is 2.51. The number of amides is 1. The second-order valence-corrected chi connectivity index (χ2v) is 7.15. The molecule has 2 fully saturated rings. The number of hydrogen-bond donors (Lipinski definition) is 1. The molecule has 0 unspecified atom stereocenters. The van der Waals surface area contributed by atoms with E-state index < -0.39 is 5.60 Å². The van der Waals surface area contributed by atoms with Crippen LogP contribution >= 0.6 is 0 Å². The summed E-state index contributed by atoms with van der Waals surface area (Å²) < 4.78 is 16.2. The summed E-state index contributed by atoms with van der Waals surface area (Å²) in [6.45, 7) is 2.62. The van der Waals surface area contributed by atoms with Gasteiger partial charge in [0.1, 0.15) is 11.5 Å². The summed E-state index contributed by atoms with van der Waals surface area (Å²) in [5.41, 5.74) is 0.156. The van der Waals surface area contributed by atoms with E-state index in [1.165, 1.54) is 0 Å². The zero-order valence-corrected chi connectivity index (χ0v) is 15.9. The summed E-state index contributed by atoms with van der Waals surface area (Å²) in [6, 6.07) is 5.37. The Bertz CT molecular complexity index is 649. The van der Waals surface area contributed by atoms with Gasteiger partial charge in [0.2, 0.25) is 0 Å². The van der Waals surface area contributed by atoms with Gasteiger partial charge in [-0.3, -0.25) is 0 Å². The van der Waals surface area contributed by atoms with Crippen LogP contribution in [0.15, 0.2) is 18.2 Å². The Labute approximate surface area is 155 Å². The molecule has 1 N–H and O–H groups in total. The molecular formula is C20H29NO5. The van der Waals surface area contributed by atoms with Crippen molar-refractivity contribution >= 4 is 6.09 Å². The molecule has 6 nitrogen and oxygen atoms in total. The Hall–Kier alpha value is -1.95. The predicted octanol–water partition coefficient (Wildman–Crippen LogP) is 3.53. The van der Waals surface area contributed by atoms with Crippen LogP contribution in [0.2, 0.25) is 0 Å². The van der Waals surface area contributed by atoms with E-state index in [1.807, 2.05) is 25.1 Å². The van der Waals surface area contributed by atoms with Gasteiger partial charge in [-0.15, -0.1) is 0 Å². The number of piperidine rings is 1. The van der Waals surface area contributed by atoms with E-state index in [1.54, 1.807) is 19.1 Å². The maximum Gasteiger partial charge on any atom is 0.410 e. The molecule has 0 bridgehead atoms. The second-order valence-electron chi connectivity index (χ2n) is 7.15. The first-order valence-corrected chi connectivity index (χ1v) is 9.41. The van der Waals surface area contributed by atoms with Crippen molar-refractivity contribution in [3.05, 3.63) is 23.8 Å². The minimum atomic E-state index is -0.739. The van der Waals surface area contributed by atoms with E-state index in [2.05, 4.69) is 0 Å². The van der Waals surface area contributed by atoms with Gasteiger partial charge in [-0.25, -0.2) is 4.79 Å². The number of fused-ring (bicyclic) bond motifs is 1. The lowest BCUT2D eigenvalue weighted by Gasteiger charge is -2.52. The van der Waals surface area contributed by atoms with Gasteiger partial charge in [0.05, 0.1) is 32.5 Å². The van der Waals surface area contributed by atoms with Crippen LogP contribution in [0.4, 0.5) is 4.79 Å². The van der Waals surface area contributed by atoms with Crippen molar-refractivity contribution in [2.24, 2.45) is 5.92 Å². The number of carbonyl (C=O) groups excluding carboxylic acids is 1. The van der Waals surface area contributed by atoms with Crippen molar-refractivity contribution in [1.29, 1.82) is 0 Å². The van der Waals surface area contributed by atoms with Crippen molar-refractivity contribution in [3.63, 3.8) is 0 Å². The molecule has 1 aliphatic heterocycles. The zero-order chi connectivity index (χ0) is 18.7. The number of ether oxygens (including phenoxy) is 3. The Morgan fingerprint density at radius 2 is 2.08 bits per heavy atom. The number of benzene rings is 1. The zero-order valence-electron chi connectivity index (χ0n) is 15.9. The first-order valence-electron chi connectivity index (χ1n) is 9.41. The van der Waals surface area contributed by atoms with Gasteiger partial charge in [-0.05, 0) is 38.3 Å². The SMILES string of the molecule is CCOC(=O)N1CC[C@@]2(O)CCCC[C@@H]2[C@@H]1c1ccc(OC)cc1OC. The van der Waals surface area contributed by atoms with E-state index in [4.69, 9.17) is 14.2 Å². The summed E-state index contributed by atoms with van der Waals surface area (Å²) >= 11 is 0. The fourth-order valence-corrected chi connectivity index (χ4v) is 4.54. The molecule has 1 saturated carbocycles. The monoisotopic (exact) mass is 363 g/mol. The topological polar surface area (TPSA) is 68.2 Å². The van der Waals surface area contributed by atoms with Crippen LogP contribution in [0.5, 0.6) is 11.5 Å². The van der Waals surface area contributed by atoms with Crippen LogP contribution in [-0.4, -0.2) is 49.1 Å². The molecule has 1 aromatic carbocycles. The highest BCUT2D eigenvalue weighted by atomic mass is 16.6. The van der Waals surface area contributed by atoms with Crippen LogP contribution in [0.1, 0.15) is 50.6 Å². The summed E-state index contributed by atoms with van der Waals surface area (Å²) in [5.74, 6) is 1.33. The minimum absolute atomic E-state index is 0.0308. The highest BCUT2D eigenvalue weighted by molar-refractivity contribution is 5.69. The number of carbonyl (C=O) groups is 1. The highest BCUT2D eigenvalue weighted by Crippen LogP contribution is 2.51. The fraction of sp³-hybridized carbons (Fsp3) is 0.650. The van der Waals surface area contributed by atoms with Crippen LogP contribution in [0.3, 0.4) is 0 Å². The van der Waals surface area contributed by atoms with Crippen molar-refractivity contribution in [3.8, 4) is 11.5 Å². The van der Waals surface area contributed by atoms with Gasteiger partial charge in [0.25, 0.3) is 0 Å². The molecule has 6 heteroatoms. The lowest BCUT2D eigenvalue weighted by Crippen LogP contribution is -2.56. The number of rotatable bonds is 4. The van der Waals surface area contributed by atoms with Gasteiger partial charge in [0.15, 0.2) is 0 Å². The van der Waals surface area contributed by atoms with Crippen LogP contribution < -0.4 is 9.47 Å². The average molecular weight is 363 g/mol. The maximum absolute atomic E-state index is 12.6. The van der Waals surface area contributed by atoms with Crippen molar-refractivity contribution < 1.29 is 24.1 Å². The number of methoxy groups -OCH3 is 2. The van der Waals surface area contributed by atoms with Crippen molar-refractivity contribution in [2.45, 2.75) is 50.7 Å². The van der Waals surface area contributed by atoms with Crippen LogP contribution in [0, 0.1) is 5.92 Å². The summed E-state index contributed by atoms with van der Waals surface area (Å²) in [4.78, 5) is 14.4. The molecule has 1 aromatic rings. The Kier molecular flexibility index (Phi) is 5.61. The molecule has 0 radical (unpaired) electrons. The van der Waals surface area contributed by atoms with Crippen molar-refractivity contribution in [1.82, 2.24) is 4.90 Å². The van der Waals surface area contributed by atoms with Gasteiger partial charge in [-0.1, -0.05) is 12.8 Å². The second kappa shape index (κ2) is 7.74. The molecule has 0 aromatic heterocycles. The predicted molar refractivity (Wildman–Crippen MR) is 97.5 cm³/mol. The normalized spacial score (nSPS) is 28.2. The molecule has 3 rings (SSSR count). The molecule has 1 heterocycles. The van der Waals surface area contributed by atoms with Crippen LogP contribution in [0.25, 0.3) is 0 Å². The van der Waals surface area contributed by atoms with E-state index in [0.717, 1.165) is 31.2 Å². The van der Waals surface area contributed by atoms with E-state index >= 15 is 0 Å². The fourth-order valence-electron chi connectivity index (χ4n) is 4.54. The van der Waals surface area contributed by atoms with Crippen molar-refractivity contribution in [2.75, 3.05) is 27.4 Å². The molecule has 144 valence electrons. The Morgan fingerprint density at radius 1 is 1.27 bits per heavy atom. The molecule has 0 spiro atoms. The summed E-state index contributed by atoms with van der Waals surface area (Å²) in [5, 5.41) is 11.3.